The van der Waals surface area contributed by atoms with Crippen LogP contribution in [0.3, 0.4) is 0 Å². The SMILES string of the molecule is CCc1ccccc1NC(=O)c1cnn(-c2ccc(F)cc2F)c1C1CCN(C(=O)OC(C)(C)C)CC1. The van der Waals surface area contributed by atoms with Gasteiger partial charge in [-0.3, -0.25) is 4.79 Å². The van der Waals surface area contributed by atoms with Crippen molar-refractivity contribution in [1.82, 2.24) is 14.7 Å². The second-order valence-corrected chi connectivity index (χ2v) is 10.2. The van der Waals surface area contributed by atoms with Gasteiger partial charge in [0.15, 0.2) is 5.82 Å². The zero-order valence-corrected chi connectivity index (χ0v) is 21.6. The Kier molecular flexibility index (Phi) is 7.61. The van der Waals surface area contributed by atoms with Crippen LogP contribution in [0, 0.1) is 11.6 Å². The molecule has 9 heteroatoms. The number of benzene rings is 2. The smallest absolute Gasteiger partial charge is 0.410 e. The van der Waals surface area contributed by atoms with E-state index >= 15 is 0 Å². The van der Waals surface area contributed by atoms with Crippen molar-refractivity contribution in [2.45, 2.75) is 58.5 Å². The Labute approximate surface area is 215 Å². The molecule has 0 atom stereocenters. The van der Waals surface area contributed by atoms with Crippen molar-refractivity contribution in [2.75, 3.05) is 18.4 Å². The fourth-order valence-corrected chi connectivity index (χ4v) is 4.57. The summed E-state index contributed by atoms with van der Waals surface area (Å²) in [5.41, 5.74) is 1.97. The number of carbonyl (C=O) groups is 2. The number of hydrogen-bond donors (Lipinski definition) is 1. The van der Waals surface area contributed by atoms with Gasteiger partial charge in [0.25, 0.3) is 5.91 Å². The average molecular weight is 511 g/mol. The molecule has 0 aliphatic carbocycles. The molecular weight excluding hydrogens is 478 g/mol. The first-order valence-electron chi connectivity index (χ1n) is 12.5. The molecule has 1 fully saturated rings. The van der Waals surface area contributed by atoms with Crippen LogP contribution >= 0.6 is 0 Å². The van der Waals surface area contributed by atoms with Crippen LogP contribution in [0.4, 0.5) is 19.3 Å². The first-order chi connectivity index (χ1) is 17.6. The van der Waals surface area contributed by atoms with Gasteiger partial charge in [-0.1, -0.05) is 25.1 Å². The standard InChI is InChI=1S/C28H32F2N4O3/c1-5-18-8-6-7-9-23(18)32-26(35)21-17-31-34(24-11-10-20(29)16-22(24)30)25(21)19-12-14-33(15-13-19)27(36)37-28(2,3)4/h6-11,16-17,19H,5,12-15H2,1-4H3,(H,32,35). The van der Waals surface area contributed by atoms with E-state index in [9.17, 15) is 18.4 Å². The van der Waals surface area contributed by atoms with E-state index < -0.39 is 23.3 Å². The maximum Gasteiger partial charge on any atom is 0.410 e. The lowest BCUT2D eigenvalue weighted by Gasteiger charge is -2.34. The highest BCUT2D eigenvalue weighted by atomic mass is 19.1. The number of hydrogen-bond acceptors (Lipinski definition) is 4. The van der Waals surface area contributed by atoms with Gasteiger partial charge in [-0.05, 0) is 63.8 Å². The second kappa shape index (κ2) is 10.7. The van der Waals surface area contributed by atoms with Crippen LogP contribution in [0.25, 0.3) is 5.69 Å². The molecule has 1 aromatic heterocycles. The first-order valence-corrected chi connectivity index (χ1v) is 12.5. The van der Waals surface area contributed by atoms with Gasteiger partial charge in [0.2, 0.25) is 0 Å². The maximum absolute atomic E-state index is 14.8. The predicted molar refractivity (Wildman–Crippen MR) is 137 cm³/mol. The lowest BCUT2D eigenvalue weighted by Crippen LogP contribution is -2.41. The van der Waals surface area contributed by atoms with Crippen molar-refractivity contribution in [3.05, 3.63) is 77.1 Å². The first kappa shape index (κ1) is 26.3. The van der Waals surface area contributed by atoms with Gasteiger partial charge >= 0.3 is 6.09 Å². The van der Waals surface area contributed by atoms with Crippen molar-refractivity contribution >= 4 is 17.7 Å². The number of carbonyl (C=O) groups excluding carboxylic acids is 2. The second-order valence-electron chi connectivity index (χ2n) is 10.2. The number of para-hydroxylation sites is 1. The highest BCUT2D eigenvalue weighted by Gasteiger charge is 2.32. The molecule has 196 valence electrons. The number of aryl methyl sites for hydroxylation is 1. The molecule has 1 aliphatic rings. The number of nitrogens with zero attached hydrogens (tertiary/aromatic N) is 3. The van der Waals surface area contributed by atoms with Gasteiger partial charge in [-0.2, -0.15) is 5.10 Å². The minimum atomic E-state index is -0.779. The van der Waals surface area contributed by atoms with Crippen molar-refractivity contribution in [3.8, 4) is 5.69 Å². The van der Waals surface area contributed by atoms with Crippen molar-refractivity contribution < 1.29 is 23.1 Å². The van der Waals surface area contributed by atoms with Gasteiger partial charge in [0.05, 0.1) is 17.5 Å². The number of ether oxygens (including phenoxy) is 1. The zero-order valence-electron chi connectivity index (χ0n) is 21.6. The molecule has 1 saturated heterocycles. The molecule has 0 saturated carbocycles. The Balaban J connectivity index is 1.66. The van der Waals surface area contributed by atoms with E-state index in [0.29, 0.717) is 42.9 Å². The molecule has 4 rings (SSSR count). The van der Waals surface area contributed by atoms with Gasteiger partial charge in [-0.25, -0.2) is 18.3 Å². The summed E-state index contributed by atoms with van der Waals surface area (Å²) in [6, 6.07) is 10.8. The molecule has 0 bridgehead atoms. The lowest BCUT2D eigenvalue weighted by molar-refractivity contribution is 0.0203. The molecule has 1 N–H and O–H groups in total. The van der Waals surface area contributed by atoms with Crippen LogP contribution in [-0.4, -0.2) is 45.4 Å². The van der Waals surface area contributed by atoms with Crippen molar-refractivity contribution in [1.29, 1.82) is 0 Å². The fraction of sp³-hybridized carbons (Fsp3) is 0.393. The summed E-state index contributed by atoms with van der Waals surface area (Å²) >= 11 is 0. The Morgan fingerprint density at radius 3 is 2.46 bits per heavy atom. The summed E-state index contributed by atoms with van der Waals surface area (Å²) in [5.74, 6) is -2.03. The van der Waals surface area contributed by atoms with Gasteiger partial charge < -0.3 is 15.0 Å². The van der Waals surface area contributed by atoms with E-state index in [2.05, 4.69) is 10.4 Å². The summed E-state index contributed by atoms with van der Waals surface area (Å²) < 4.78 is 35.3. The van der Waals surface area contributed by atoms with Crippen LogP contribution in [0.5, 0.6) is 0 Å². The van der Waals surface area contributed by atoms with E-state index in [1.807, 2.05) is 52.0 Å². The number of amides is 2. The van der Waals surface area contributed by atoms with E-state index in [0.717, 1.165) is 24.1 Å². The summed E-state index contributed by atoms with van der Waals surface area (Å²) in [4.78, 5) is 27.6. The third-order valence-corrected chi connectivity index (χ3v) is 6.37. The molecule has 0 spiro atoms. The highest BCUT2D eigenvalue weighted by Crippen LogP contribution is 2.34. The van der Waals surface area contributed by atoms with Crippen LogP contribution in [0.2, 0.25) is 0 Å². The van der Waals surface area contributed by atoms with Crippen LogP contribution < -0.4 is 5.32 Å². The summed E-state index contributed by atoms with van der Waals surface area (Å²) in [5, 5.41) is 7.32. The number of nitrogens with one attached hydrogen (secondary N) is 1. The number of halogens is 2. The van der Waals surface area contributed by atoms with Crippen LogP contribution in [0.15, 0.2) is 48.7 Å². The third-order valence-electron chi connectivity index (χ3n) is 6.37. The minimum Gasteiger partial charge on any atom is -0.444 e. The lowest BCUT2D eigenvalue weighted by atomic mass is 9.90. The molecule has 37 heavy (non-hydrogen) atoms. The Hall–Kier alpha value is -3.75. The molecule has 7 nitrogen and oxygen atoms in total. The van der Waals surface area contributed by atoms with Crippen LogP contribution in [0.1, 0.15) is 68.1 Å². The molecule has 2 amide bonds. The Bertz CT molecular complexity index is 1290. The normalized spacial score (nSPS) is 14.5. The van der Waals surface area contributed by atoms with E-state index in [4.69, 9.17) is 4.74 Å². The van der Waals surface area contributed by atoms with E-state index in [1.165, 1.54) is 16.9 Å². The summed E-state index contributed by atoms with van der Waals surface area (Å²) in [6.07, 6.45) is 2.83. The summed E-state index contributed by atoms with van der Waals surface area (Å²) in [7, 11) is 0. The molecule has 0 radical (unpaired) electrons. The number of piperidine rings is 1. The minimum absolute atomic E-state index is 0.0546. The third kappa shape index (κ3) is 5.98. The van der Waals surface area contributed by atoms with E-state index in [-0.39, 0.29) is 17.5 Å². The number of likely N-dealkylation sites (tertiary alicyclic amines) is 1. The average Bonchev–Trinajstić information content (AvgIpc) is 3.28. The largest absolute Gasteiger partial charge is 0.444 e. The molecule has 1 aliphatic heterocycles. The molecule has 2 heterocycles. The van der Waals surface area contributed by atoms with Crippen molar-refractivity contribution in [3.63, 3.8) is 0 Å². The molecule has 3 aromatic rings. The molecule has 0 unspecified atom stereocenters. The number of aromatic nitrogens is 2. The van der Waals surface area contributed by atoms with Gasteiger partial charge in [-0.15, -0.1) is 0 Å². The van der Waals surface area contributed by atoms with Crippen LogP contribution in [-0.2, 0) is 11.2 Å². The highest BCUT2D eigenvalue weighted by molar-refractivity contribution is 6.05. The monoisotopic (exact) mass is 510 g/mol. The summed E-state index contributed by atoms with van der Waals surface area (Å²) in [6.45, 7) is 8.27. The van der Waals surface area contributed by atoms with Gasteiger partial charge in [0.1, 0.15) is 17.1 Å². The molecular formula is C28H32F2N4O3. The fourth-order valence-electron chi connectivity index (χ4n) is 4.57. The molecule has 2 aromatic carbocycles. The quantitative estimate of drug-likeness (QED) is 0.451. The maximum atomic E-state index is 14.8. The zero-order chi connectivity index (χ0) is 26.7. The Morgan fingerprint density at radius 1 is 1.11 bits per heavy atom. The number of rotatable bonds is 5. The van der Waals surface area contributed by atoms with E-state index in [1.54, 1.807) is 4.90 Å². The topological polar surface area (TPSA) is 76.5 Å². The Morgan fingerprint density at radius 2 is 1.81 bits per heavy atom. The number of anilines is 1. The predicted octanol–water partition coefficient (Wildman–Crippen LogP) is 6.08. The van der Waals surface area contributed by atoms with Gasteiger partial charge in [0, 0.05) is 30.8 Å². The van der Waals surface area contributed by atoms with Crippen molar-refractivity contribution in [2.24, 2.45) is 0 Å².